The van der Waals surface area contributed by atoms with Crippen molar-refractivity contribution in [3.63, 3.8) is 0 Å². The maximum absolute atomic E-state index is 12.9. The first-order valence-corrected chi connectivity index (χ1v) is 6.90. The van der Waals surface area contributed by atoms with Crippen molar-refractivity contribution in [3.05, 3.63) is 35.6 Å². The number of piperidine rings is 1. The molecule has 0 saturated carbocycles. The van der Waals surface area contributed by atoms with Crippen molar-refractivity contribution in [1.82, 2.24) is 4.90 Å². The van der Waals surface area contributed by atoms with Gasteiger partial charge >= 0.3 is 0 Å². The SMILES string of the molecule is COC1CCN(C(=O)Cc2ccc(F)cc2)C(CN)C1. The first-order valence-electron chi connectivity index (χ1n) is 6.90. The van der Waals surface area contributed by atoms with Gasteiger partial charge in [-0.2, -0.15) is 0 Å². The van der Waals surface area contributed by atoms with Crippen molar-refractivity contribution < 1.29 is 13.9 Å². The average molecular weight is 280 g/mol. The second-order valence-electron chi connectivity index (χ2n) is 5.16. The molecule has 1 aliphatic heterocycles. The first kappa shape index (κ1) is 14.9. The quantitative estimate of drug-likeness (QED) is 0.905. The number of amides is 1. The Hall–Kier alpha value is -1.46. The van der Waals surface area contributed by atoms with Gasteiger partial charge in [0.2, 0.25) is 5.91 Å². The van der Waals surface area contributed by atoms with Crippen LogP contribution < -0.4 is 5.73 Å². The highest BCUT2D eigenvalue weighted by Gasteiger charge is 2.30. The second kappa shape index (κ2) is 6.81. The number of hydrogen-bond donors (Lipinski definition) is 1. The van der Waals surface area contributed by atoms with E-state index in [0.29, 0.717) is 13.1 Å². The van der Waals surface area contributed by atoms with Crippen LogP contribution in [0.1, 0.15) is 18.4 Å². The number of carbonyl (C=O) groups excluding carboxylic acids is 1. The summed E-state index contributed by atoms with van der Waals surface area (Å²) in [6, 6.07) is 6.07. The molecule has 2 rings (SSSR count). The number of carbonyl (C=O) groups is 1. The van der Waals surface area contributed by atoms with Crippen LogP contribution in [0.5, 0.6) is 0 Å². The zero-order valence-electron chi connectivity index (χ0n) is 11.7. The van der Waals surface area contributed by atoms with E-state index in [1.54, 1.807) is 19.2 Å². The van der Waals surface area contributed by atoms with Gasteiger partial charge in [-0.05, 0) is 30.5 Å². The van der Waals surface area contributed by atoms with Gasteiger partial charge < -0.3 is 15.4 Å². The fraction of sp³-hybridized carbons (Fsp3) is 0.533. The van der Waals surface area contributed by atoms with Crippen molar-refractivity contribution in [2.75, 3.05) is 20.2 Å². The van der Waals surface area contributed by atoms with Crippen molar-refractivity contribution in [1.29, 1.82) is 0 Å². The van der Waals surface area contributed by atoms with Crippen molar-refractivity contribution >= 4 is 5.91 Å². The van der Waals surface area contributed by atoms with Crippen molar-refractivity contribution in [2.45, 2.75) is 31.4 Å². The lowest BCUT2D eigenvalue weighted by Gasteiger charge is -2.38. The van der Waals surface area contributed by atoms with Gasteiger partial charge in [0.25, 0.3) is 0 Å². The van der Waals surface area contributed by atoms with E-state index in [1.807, 2.05) is 4.90 Å². The average Bonchev–Trinajstić information content (AvgIpc) is 2.48. The normalized spacial score (nSPS) is 22.9. The van der Waals surface area contributed by atoms with E-state index in [4.69, 9.17) is 10.5 Å². The third kappa shape index (κ3) is 3.55. The van der Waals surface area contributed by atoms with Gasteiger partial charge in [-0.15, -0.1) is 0 Å². The Morgan fingerprint density at radius 1 is 1.45 bits per heavy atom. The third-order valence-corrected chi connectivity index (χ3v) is 3.86. The van der Waals surface area contributed by atoms with Crippen LogP contribution in [0.15, 0.2) is 24.3 Å². The number of ether oxygens (including phenoxy) is 1. The van der Waals surface area contributed by atoms with E-state index in [1.165, 1.54) is 12.1 Å². The number of methoxy groups -OCH3 is 1. The largest absolute Gasteiger partial charge is 0.381 e. The third-order valence-electron chi connectivity index (χ3n) is 3.86. The van der Waals surface area contributed by atoms with E-state index in [9.17, 15) is 9.18 Å². The molecule has 1 fully saturated rings. The summed E-state index contributed by atoms with van der Waals surface area (Å²) in [6.07, 6.45) is 2.08. The maximum atomic E-state index is 12.9. The Morgan fingerprint density at radius 2 is 2.15 bits per heavy atom. The van der Waals surface area contributed by atoms with E-state index >= 15 is 0 Å². The highest BCUT2D eigenvalue weighted by atomic mass is 19.1. The molecule has 20 heavy (non-hydrogen) atoms. The molecule has 1 aromatic rings. The number of hydrogen-bond acceptors (Lipinski definition) is 3. The van der Waals surface area contributed by atoms with Gasteiger partial charge in [0.05, 0.1) is 12.5 Å². The number of nitrogens with zero attached hydrogens (tertiary/aromatic N) is 1. The molecule has 1 amide bonds. The molecule has 1 saturated heterocycles. The summed E-state index contributed by atoms with van der Waals surface area (Å²) >= 11 is 0. The predicted octanol–water partition coefficient (Wildman–Crippen LogP) is 1.33. The Morgan fingerprint density at radius 3 is 2.75 bits per heavy atom. The second-order valence-corrected chi connectivity index (χ2v) is 5.16. The Bertz CT molecular complexity index is 450. The molecule has 0 bridgehead atoms. The summed E-state index contributed by atoms with van der Waals surface area (Å²) in [5.74, 6) is -0.247. The lowest BCUT2D eigenvalue weighted by Crippen LogP contribution is -2.51. The molecule has 0 aliphatic carbocycles. The van der Waals surface area contributed by atoms with Crippen LogP contribution in [0.3, 0.4) is 0 Å². The van der Waals surface area contributed by atoms with Crippen LogP contribution in [0.25, 0.3) is 0 Å². The zero-order valence-corrected chi connectivity index (χ0v) is 11.7. The Balaban J connectivity index is 1.99. The first-order chi connectivity index (χ1) is 9.63. The summed E-state index contributed by atoms with van der Waals surface area (Å²) in [5.41, 5.74) is 6.58. The maximum Gasteiger partial charge on any atom is 0.227 e. The molecular weight excluding hydrogens is 259 g/mol. The fourth-order valence-electron chi connectivity index (χ4n) is 2.66. The topological polar surface area (TPSA) is 55.6 Å². The predicted molar refractivity (Wildman–Crippen MR) is 74.7 cm³/mol. The zero-order chi connectivity index (χ0) is 14.5. The minimum atomic E-state index is -0.290. The molecule has 2 unspecified atom stereocenters. The van der Waals surface area contributed by atoms with Crippen LogP contribution in [0.2, 0.25) is 0 Å². The number of nitrogens with two attached hydrogens (primary N) is 1. The summed E-state index contributed by atoms with van der Waals surface area (Å²) < 4.78 is 18.2. The molecule has 1 heterocycles. The Kier molecular flexibility index (Phi) is 5.09. The molecule has 2 N–H and O–H groups in total. The summed E-state index contributed by atoms with van der Waals surface area (Å²) in [7, 11) is 1.69. The molecule has 110 valence electrons. The van der Waals surface area contributed by atoms with Crippen LogP contribution in [0.4, 0.5) is 4.39 Å². The molecule has 0 spiro atoms. The summed E-state index contributed by atoms with van der Waals surface area (Å²) in [5, 5.41) is 0. The number of rotatable bonds is 4. The monoisotopic (exact) mass is 280 g/mol. The Labute approximate surface area is 118 Å². The summed E-state index contributed by atoms with van der Waals surface area (Å²) in [6.45, 7) is 1.11. The number of likely N-dealkylation sites (tertiary alicyclic amines) is 1. The highest BCUT2D eigenvalue weighted by Crippen LogP contribution is 2.20. The van der Waals surface area contributed by atoms with Gasteiger partial charge in [-0.25, -0.2) is 4.39 Å². The molecule has 0 radical (unpaired) electrons. The van der Waals surface area contributed by atoms with Gasteiger partial charge in [0, 0.05) is 26.2 Å². The molecule has 0 aromatic heterocycles. The van der Waals surface area contributed by atoms with E-state index in [0.717, 1.165) is 18.4 Å². The van der Waals surface area contributed by atoms with Crippen molar-refractivity contribution in [2.24, 2.45) is 5.73 Å². The van der Waals surface area contributed by atoms with Gasteiger partial charge in [0.15, 0.2) is 0 Å². The van der Waals surface area contributed by atoms with E-state index < -0.39 is 0 Å². The number of benzene rings is 1. The summed E-state index contributed by atoms with van der Waals surface area (Å²) in [4.78, 5) is 14.2. The molecule has 5 heteroatoms. The standard InChI is InChI=1S/C15H21FN2O2/c1-20-14-6-7-18(13(9-14)10-17)15(19)8-11-2-4-12(16)5-3-11/h2-5,13-14H,6-10,17H2,1H3. The minimum Gasteiger partial charge on any atom is -0.381 e. The lowest BCUT2D eigenvalue weighted by atomic mass is 9.98. The van der Waals surface area contributed by atoms with Crippen LogP contribution in [-0.2, 0) is 16.0 Å². The highest BCUT2D eigenvalue weighted by molar-refractivity contribution is 5.79. The van der Waals surface area contributed by atoms with Crippen LogP contribution >= 0.6 is 0 Å². The number of halogens is 1. The fourth-order valence-corrected chi connectivity index (χ4v) is 2.66. The van der Waals surface area contributed by atoms with Crippen molar-refractivity contribution in [3.8, 4) is 0 Å². The van der Waals surface area contributed by atoms with Crippen LogP contribution in [0, 0.1) is 5.82 Å². The molecular formula is C15H21FN2O2. The molecule has 4 nitrogen and oxygen atoms in total. The van der Waals surface area contributed by atoms with Gasteiger partial charge in [0.1, 0.15) is 5.82 Å². The van der Waals surface area contributed by atoms with E-state index in [-0.39, 0.29) is 30.3 Å². The lowest BCUT2D eigenvalue weighted by molar-refractivity contribution is -0.136. The smallest absolute Gasteiger partial charge is 0.227 e. The molecule has 1 aliphatic rings. The van der Waals surface area contributed by atoms with Gasteiger partial charge in [-0.1, -0.05) is 12.1 Å². The van der Waals surface area contributed by atoms with E-state index in [2.05, 4.69) is 0 Å². The minimum absolute atomic E-state index is 0.0293. The van der Waals surface area contributed by atoms with Gasteiger partial charge in [-0.3, -0.25) is 4.79 Å². The van der Waals surface area contributed by atoms with Crippen LogP contribution in [-0.4, -0.2) is 43.2 Å². The molecule has 2 atom stereocenters. The molecule has 1 aromatic carbocycles.